The van der Waals surface area contributed by atoms with Gasteiger partial charge in [0.2, 0.25) is 0 Å². The Kier molecular flexibility index (Phi) is 4.64. The molecule has 1 saturated heterocycles. The summed E-state index contributed by atoms with van der Waals surface area (Å²) in [6.45, 7) is 4.83. The molecule has 21 heavy (non-hydrogen) atoms. The lowest BCUT2D eigenvalue weighted by Crippen LogP contribution is -2.43. The number of rotatable bonds is 6. The normalized spacial score (nSPS) is 24.8. The third-order valence-electron chi connectivity index (χ3n) is 3.67. The molecule has 7 heteroatoms. The molecule has 1 aliphatic rings. The lowest BCUT2D eigenvalue weighted by molar-refractivity contribution is -0.384. The summed E-state index contributed by atoms with van der Waals surface area (Å²) >= 11 is 0. The molecule has 1 aliphatic heterocycles. The van der Waals surface area contributed by atoms with E-state index in [0.717, 1.165) is 0 Å². The fraction of sp³-hybridized carbons (Fsp3) is 0.571. The first kappa shape index (κ1) is 15.5. The Hall–Kier alpha value is -1.86. The van der Waals surface area contributed by atoms with Crippen LogP contribution >= 0.6 is 0 Å². The Morgan fingerprint density at radius 2 is 2.33 bits per heavy atom. The standard InChI is InChI=1S/C14H20N2O5/c1-3-20-13-7-11(6-12(8-13)16(18)19)15-9-14(17)4-5-21-10(14)2/h6-8,10,15,17H,3-5,9H2,1-2H3. The number of non-ortho nitro benzene ring substituents is 1. The van der Waals surface area contributed by atoms with Gasteiger partial charge in [-0.15, -0.1) is 0 Å². The number of hydrogen-bond acceptors (Lipinski definition) is 6. The summed E-state index contributed by atoms with van der Waals surface area (Å²) in [4.78, 5) is 10.5. The maximum absolute atomic E-state index is 10.9. The van der Waals surface area contributed by atoms with E-state index in [1.807, 2.05) is 13.8 Å². The summed E-state index contributed by atoms with van der Waals surface area (Å²) in [5.74, 6) is 0.428. The van der Waals surface area contributed by atoms with E-state index in [9.17, 15) is 15.2 Å². The van der Waals surface area contributed by atoms with Crippen LogP contribution in [0.5, 0.6) is 5.75 Å². The Morgan fingerprint density at radius 3 is 2.90 bits per heavy atom. The van der Waals surface area contributed by atoms with Crippen molar-refractivity contribution in [2.45, 2.75) is 32.0 Å². The number of nitrogens with zero attached hydrogens (tertiary/aromatic N) is 1. The molecule has 0 bridgehead atoms. The number of nitro benzene ring substituents is 1. The zero-order valence-corrected chi connectivity index (χ0v) is 12.2. The van der Waals surface area contributed by atoms with E-state index >= 15 is 0 Å². The van der Waals surface area contributed by atoms with Crippen LogP contribution in [0.25, 0.3) is 0 Å². The zero-order chi connectivity index (χ0) is 15.5. The SMILES string of the molecule is CCOc1cc(NCC2(O)CCOC2C)cc([N+](=O)[O-])c1. The van der Waals surface area contributed by atoms with Gasteiger partial charge >= 0.3 is 0 Å². The van der Waals surface area contributed by atoms with Crippen LogP contribution in [0.4, 0.5) is 11.4 Å². The highest BCUT2D eigenvalue weighted by molar-refractivity contribution is 5.56. The molecule has 0 aliphatic carbocycles. The lowest BCUT2D eigenvalue weighted by atomic mass is 9.96. The van der Waals surface area contributed by atoms with Crippen molar-refractivity contribution < 1.29 is 19.5 Å². The number of benzene rings is 1. The minimum Gasteiger partial charge on any atom is -0.494 e. The third-order valence-corrected chi connectivity index (χ3v) is 3.67. The van der Waals surface area contributed by atoms with Crippen molar-refractivity contribution in [2.24, 2.45) is 0 Å². The molecule has 2 rings (SSSR count). The van der Waals surface area contributed by atoms with Gasteiger partial charge in [0.25, 0.3) is 5.69 Å². The van der Waals surface area contributed by atoms with Crippen molar-refractivity contribution in [1.82, 2.24) is 0 Å². The van der Waals surface area contributed by atoms with Gasteiger partial charge in [-0.1, -0.05) is 0 Å². The van der Waals surface area contributed by atoms with Crippen molar-refractivity contribution >= 4 is 11.4 Å². The average Bonchev–Trinajstić information content (AvgIpc) is 2.77. The summed E-state index contributed by atoms with van der Waals surface area (Å²) in [5, 5.41) is 24.4. The molecule has 2 atom stereocenters. The van der Waals surface area contributed by atoms with Crippen molar-refractivity contribution in [3.8, 4) is 5.75 Å². The minimum atomic E-state index is -0.962. The summed E-state index contributed by atoms with van der Waals surface area (Å²) in [6.07, 6.45) is 0.268. The number of ether oxygens (including phenoxy) is 2. The van der Waals surface area contributed by atoms with E-state index in [1.54, 1.807) is 6.07 Å². The van der Waals surface area contributed by atoms with Gasteiger partial charge in [0.1, 0.15) is 11.4 Å². The molecule has 0 amide bonds. The molecule has 1 heterocycles. The van der Waals surface area contributed by atoms with Gasteiger partial charge in [0, 0.05) is 37.4 Å². The van der Waals surface area contributed by atoms with Gasteiger partial charge in [-0.05, 0) is 13.8 Å². The maximum atomic E-state index is 10.9. The maximum Gasteiger partial charge on any atom is 0.275 e. The van der Waals surface area contributed by atoms with Crippen LogP contribution in [0, 0.1) is 10.1 Å². The molecule has 2 N–H and O–H groups in total. The predicted octanol–water partition coefficient (Wildman–Crippen LogP) is 1.95. The summed E-state index contributed by atoms with van der Waals surface area (Å²) in [6, 6.07) is 4.48. The molecule has 0 radical (unpaired) electrons. The van der Waals surface area contributed by atoms with Crippen molar-refractivity contribution in [3.63, 3.8) is 0 Å². The summed E-state index contributed by atoms with van der Waals surface area (Å²) < 4.78 is 10.7. The zero-order valence-electron chi connectivity index (χ0n) is 12.2. The van der Waals surface area contributed by atoms with Gasteiger partial charge in [-0.25, -0.2) is 0 Å². The van der Waals surface area contributed by atoms with Gasteiger partial charge in [0.15, 0.2) is 0 Å². The van der Waals surface area contributed by atoms with Crippen molar-refractivity contribution in [1.29, 1.82) is 0 Å². The largest absolute Gasteiger partial charge is 0.494 e. The van der Waals surface area contributed by atoms with E-state index in [0.29, 0.717) is 31.1 Å². The second-order valence-electron chi connectivity index (χ2n) is 5.13. The summed E-state index contributed by atoms with van der Waals surface area (Å²) in [7, 11) is 0. The van der Waals surface area contributed by atoms with Crippen molar-refractivity contribution in [2.75, 3.05) is 25.1 Å². The highest BCUT2D eigenvalue weighted by Crippen LogP contribution is 2.29. The number of anilines is 1. The van der Waals surface area contributed by atoms with E-state index in [2.05, 4.69) is 5.32 Å². The van der Waals surface area contributed by atoms with Gasteiger partial charge < -0.3 is 19.9 Å². The average molecular weight is 296 g/mol. The summed E-state index contributed by atoms with van der Waals surface area (Å²) in [5.41, 5.74) is -0.470. The van der Waals surface area contributed by atoms with Crippen LogP contribution in [0.1, 0.15) is 20.3 Å². The number of nitrogens with one attached hydrogen (secondary N) is 1. The van der Waals surface area contributed by atoms with Gasteiger partial charge in [-0.2, -0.15) is 0 Å². The molecule has 1 fully saturated rings. The molecule has 0 saturated carbocycles. The van der Waals surface area contributed by atoms with E-state index in [4.69, 9.17) is 9.47 Å². The van der Waals surface area contributed by atoms with E-state index in [-0.39, 0.29) is 18.3 Å². The number of aliphatic hydroxyl groups is 1. The highest BCUT2D eigenvalue weighted by Gasteiger charge is 2.39. The van der Waals surface area contributed by atoms with Crippen LogP contribution in [0.2, 0.25) is 0 Å². The molecule has 1 aromatic carbocycles. The quantitative estimate of drug-likeness (QED) is 0.615. The van der Waals surface area contributed by atoms with Crippen LogP contribution in [0.3, 0.4) is 0 Å². The first-order valence-electron chi connectivity index (χ1n) is 6.95. The van der Waals surface area contributed by atoms with E-state index in [1.165, 1.54) is 12.1 Å². The molecule has 0 spiro atoms. The molecule has 7 nitrogen and oxygen atoms in total. The van der Waals surface area contributed by atoms with Crippen LogP contribution in [0.15, 0.2) is 18.2 Å². The third kappa shape index (κ3) is 3.62. The van der Waals surface area contributed by atoms with Gasteiger partial charge in [-0.3, -0.25) is 10.1 Å². The van der Waals surface area contributed by atoms with Crippen LogP contribution < -0.4 is 10.1 Å². The van der Waals surface area contributed by atoms with Crippen LogP contribution in [-0.4, -0.2) is 41.5 Å². The lowest BCUT2D eigenvalue weighted by Gasteiger charge is -2.26. The number of nitro groups is 1. The minimum absolute atomic E-state index is 0.0499. The fourth-order valence-corrected chi connectivity index (χ4v) is 2.30. The Balaban J connectivity index is 2.13. The first-order chi connectivity index (χ1) is 9.94. The Labute approximate surface area is 123 Å². The van der Waals surface area contributed by atoms with Gasteiger partial charge in [0.05, 0.1) is 23.7 Å². The molecule has 0 aromatic heterocycles. The monoisotopic (exact) mass is 296 g/mol. The molecule has 1 aromatic rings. The van der Waals surface area contributed by atoms with E-state index < -0.39 is 10.5 Å². The predicted molar refractivity (Wildman–Crippen MR) is 77.7 cm³/mol. The van der Waals surface area contributed by atoms with Crippen molar-refractivity contribution in [3.05, 3.63) is 28.3 Å². The fourth-order valence-electron chi connectivity index (χ4n) is 2.30. The highest BCUT2D eigenvalue weighted by atomic mass is 16.6. The first-order valence-corrected chi connectivity index (χ1v) is 6.95. The topological polar surface area (TPSA) is 93.9 Å². The Morgan fingerprint density at radius 1 is 1.57 bits per heavy atom. The van der Waals surface area contributed by atoms with Crippen LogP contribution in [-0.2, 0) is 4.74 Å². The number of hydrogen-bond donors (Lipinski definition) is 2. The molecule has 2 unspecified atom stereocenters. The molecular formula is C14H20N2O5. The molecular weight excluding hydrogens is 276 g/mol. The smallest absolute Gasteiger partial charge is 0.275 e. The second kappa shape index (κ2) is 6.28. The Bertz CT molecular complexity index is 522. The molecule has 116 valence electrons. The second-order valence-corrected chi connectivity index (χ2v) is 5.13.